The van der Waals surface area contributed by atoms with E-state index in [2.05, 4.69) is 9.97 Å². The van der Waals surface area contributed by atoms with E-state index in [-0.39, 0.29) is 23.4 Å². The van der Waals surface area contributed by atoms with Crippen molar-refractivity contribution in [2.24, 2.45) is 0 Å². The molecule has 2 aliphatic rings. The van der Waals surface area contributed by atoms with Crippen molar-refractivity contribution in [3.05, 3.63) is 27.4 Å². The van der Waals surface area contributed by atoms with Gasteiger partial charge in [-0.15, -0.1) is 0 Å². The number of amides is 2. The van der Waals surface area contributed by atoms with E-state index >= 15 is 0 Å². The molecule has 1 atom stereocenters. The molecule has 3 heterocycles. The summed E-state index contributed by atoms with van der Waals surface area (Å²) in [6, 6.07) is -0.148. The summed E-state index contributed by atoms with van der Waals surface area (Å²) in [5.74, 6) is 0.562. The molecule has 0 aliphatic carbocycles. The molecule has 3 rings (SSSR count). The summed E-state index contributed by atoms with van der Waals surface area (Å²) in [6.07, 6.45) is 3.41. The normalized spacial score (nSPS) is 21.0. The average molecular weight is 318 g/mol. The number of H-pyrrole nitrogens is 1. The first-order valence-electron chi connectivity index (χ1n) is 8.12. The van der Waals surface area contributed by atoms with Gasteiger partial charge in [0.2, 0.25) is 11.8 Å². The number of rotatable bonds is 1. The smallest absolute Gasteiger partial charge is 0.256 e. The van der Waals surface area contributed by atoms with Crippen molar-refractivity contribution < 1.29 is 9.59 Å². The van der Waals surface area contributed by atoms with Gasteiger partial charge in [-0.05, 0) is 19.3 Å². The van der Waals surface area contributed by atoms with Crippen molar-refractivity contribution in [1.82, 2.24) is 19.8 Å². The summed E-state index contributed by atoms with van der Waals surface area (Å²) < 4.78 is 0. The largest absolute Gasteiger partial charge is 0.338 e. The van der Waals surface area contributed by atoms with Crippen LogP contribution in [0.5, 0.6) is 0 Å². The summed E-state index contributed by atoms with van der Waals surface area (Å²) >= 11 is 0. The molecule has 1 aromatic heterocycles. The van der Waals surface area contributed by atoms with E-state index in [1.807, 2.05) is 0 Å². The number of nitrogens with one attached hydrogen (secondary N) is 1. The third kappa shape index (κ3) is 3.00. The number of hydrogen-bond donors (Lipinski definition) is 1. The Morgan fingerprint density at radius 3 is 2.65 bits per heavy atom. The molecule has 0 radical (unpaired) electrons. The summed E-state index contributed by atoms with van der Waals surface area (Å²) in [7, 11) is 0. The van der Waals surface area contributed by atoms with Crippen molar-refractivity contribution in [3.63, 3.8) is 0 Å². The maximum absolute atomic E-state index is 12.4. The van der Waals surface area contributed by atoms with E-state index in [0.717, 1.165) is 25.0 Å². The number of aromatic nitrogens is 2. The van der Waals surface area contributed by atoms with Gasteiger partial charge in [-0.25, -0.2) is 4.98 Å². The number of carbonyl (C=O) groups is 2. The van der Waals surface area contributed by atoms with Gasteiger partial charge in [0.25, 0.3) is 5.56 Å². The number of fused-ring (bicyclic) bond motifs is 1. The Morgan fingerprint density at radius 2 is 1.96 bits per heavy atom. The monoisotopic (exact) mass is 318 g/mol. The van der Waals surface area contributed by atoms with Crippen LogP contribution in [-0.2, 0) is 22.6 Å². The van der Waals surface area contributed by atoms with Gasteiger partial charge in [-0.3, -0.25) is 14.4 Å². The van der Waals surface area contributed by atoms with Crippen LogP contribution in [0.1, 0.15) is 56.2 Å². The van der Waals surface area contributed by atoms with Crippen LogP contribution in [0.25, 0.3) is 0 Å². The number of carbonyl (C=O) groups excluding carboxylic acids is 2. The minimum Gasteiger partial charge on any atom is -0.338 e. The molecule has 124 valence electrons. The van der Waals surface area contributed by atoms with E-state index < -0.39 is 0 Å². The Kier molecular flexibility index (Phi) is 4.19. The zero-order valence-electron chi connectivity index (χ0n) is 13.6. The molecule has 0 bridgehead atoms. The second-order valence-electron chi connectivity index (χ2n) is 6.29. The van der Waals surface area contributed by atoms with E-state index in [9.17, 15) is 14.4 Å². The van der Waals surface area contributed by atoms with Gasteiger partial charge >= 0.3 is 0 Å². The lowest BCUT2D eigenvalue weighted by atomic mass is 10.0. The number of aromatic amines is 1. The molecule has 2 aliphatic heterocycles. The molecule has 2 amide bonds. The Morgan fingerprint density at radius 1 is 1.17 bits per heavy atom. The van der Waals surface area contributed by atoms with E-state index in [4.69, 9.17) is 0 Å². The second kappa shape index (κ2) is 6.14. The third-order valence-electron chi connectivity index (χ3n) is 4.76. The van der Waals surface area contributed by atoms with E-state index in [0.29, 0.717) is 37.4 Å². The number of piperidine rings is 1. The molecule has 1 fully saturated rings. The van der Waals surface area contributed by atoms with Crippen LogP contribution in [0.2, 0.25) is 0 Å². The van der Waals surface area contributed by atoms with Crippen LogP contribution < -0.4 is 5.56 Å². The SMILES string of the molecule is CC(=O)N1CCc2nc([C@H]3CCCCN3C(C)=O)[nH]c(=O)c2C1. The van der Waals surface area contributed by atoms with Crippen LogP contribution in [0.15, 0.2) is 4.79 Å². The molecule has 0 spiro atoms. The van der Waals surface area contributed by atoms with Crippen LogP contribution in [-0.4, -0.2) is 44.7 Å². The first-order valence-corrected chi connectivity index (χ1v) is 8.12. The quantitative estimate of drug-likeness (QED) is 0.828. The maximum atomic E-state index is 12.4. The minimum absolute atomic E-state index is 0.0119. The Bertz CT molecular complexity index is 697. The minimum atomic E-state index is -0.190. The Hall–Kier alpha value is -2.18. The molecule has 1 N–H and O–H groups in total. The van der Waals surface area contributed by atoms with Crippen molar-refractivity contribution in [2.45, 2.75) is 52.1 Å². The number of likely N-dealkylation sites (tertiary alicyclic amines) is 1. The predicted octanol–water partition coefficient (Wildman–Crippen LogP) is 0.748. The highest BCUT2D eigenvalue weighted by Crippen LogP contribution is 2.29. The molecule has 7 heteroatoms. The molecular formula is C16H22N4O3. The molecule has 7 nitrogen and oxygen atoms in total. The van der Waals surface area contributed by atoms with Crippen molar-refractivity contribution >= 4 is 11.8 Å². The van der Waals surface area contributed by atoms with Gasteiger partial charge in [-0.1, -0.05) is 0 Å². The number of nitrogens with zero attached hydrogens (tertiary/aromatic N) is 3. The van der Waals surface area contributed by atoms with Crippen LogP contribution >= 0.6 is 0 Å². The lowest BCUT2D eigenvalue weighted by Gasteiger charge is -2.35. The van der Waals surface area contributed by atoms with Crippen molar-refractivity contribution in [2.75, 3.05) is 13.1 Å². The van der Waals surface area contributed by atoms with Crippen LogP contribution in [0.3, 0.4) is 0 Å². The standard InChI is InChI=1S/C16H22N4O3/c1-10(21)19-8-6-13-12(9-19)16(23)18-15(17-13)14-5-3-4-7-20(14)11(2)22/h14H,3-9H2,1-2H3,(H,17,18,23)/t14-/m1/s1. The summed E-state index contributed by atoms with van der Waals surface area (Å²) in [5, 5.41) is 0. The molecule has 0 aromatic carbocycles. The first kappa shape index (κ1) is 15.7. The molecule has 0 unspecified atom stereocenters. The topological polar surface area (TPSA) is 86.4 Å². The lowest BCUT2D eigenvalue weighted by molar-refractivity contribution is -0.133. The summed E-state index contributed by atoms with van der Waals surface area (Å²) in [4.78, 5) is 46.7. The highest BCUT2D eigenvalue weighted by atomic mass is 16.2. The van der Waals surface area contributed by atoms with Gasteiger partial charge < -0.3 is 14.8 Å². The highest BCUT2D eigenvalue weighted by Gasteiger charge is 2.30. The van der Waals surface area contributed by atoms with Crippen molar-refractivity contribution in [1.29, 1.82) is 0 Å². The Balaban J connectivity index is 1.94. The van der Waals surface area contributed by atoms with Crippen LogP contribution in [0.4, 0.5) is 0 Å². The summed E-state index contributed by atoms with van der Waals surface area (Å²) in [5.41, 5.74) is 1.14. The number of hydrogen-bond acceptors (Lipinski definition) is 4. The Labute approximate surface area is 134 Å². The zero-order valence-corrected chi connectivity index (χ0v) is 13.6. The van der Waals surface area contributed by atoms with Crippen molar-refractivity contribution in [3.8, 4) is 0 Å². The van der Waals surface area contributed by atoms with Gasteiger partial charge in [0, 0.05) is 33.4 Å². The second-order valence-corrected chi connectivity index (χ2v) is 6.29. The fraction of sp³-hybridized carbons (Fsp3) is 0.625. The molecule has 23 heavy (non-hydrogen) atoms. The molecule has 0 saturated carbocycles. The average Bonchev–Trinajstić information content (AvgIpc) is 2.54. The highest BCUT2D eigenvalue weighted by molar-refractivity contribution is 5.74. The summed E-state index contributed by atoms with van der Waals surface area (Å²) in [6.45, 7) is 4.67. The van der Waals surface area contributed by atoms with Gasteiger partial charge in [0.15, 0.2) is 0 Å². The van der Waals surface area contributed by atoms with Crippen LogP contribution in [0, 0.1) is 0 Å². The fourth-order valence-electron chi connectivity index (χ4n) is 3.46. The van der Waals surface area contributed by atoms with E-state index in [1.165, 1.54) is 6.92 Å². The lowest BCUT2D eigenvalue weighted by Crippen LogP contribution is -2.41. The molecular weight excluding hydrogens is 296 g/mol. The van der Waals surface area contributed by atoms with E-state index in [1.54, 1.807) is 16.7 Å². The van der Waals surface area contributed by atoms with Gasteiger partial charge in [0.05, 0.1) is 23.8 Å². The first-order chi connectivity index (χ1) is 11.0. The maximum Gasteiger partial charge on any atom is 0.256 e. The third-order valence-corrected chi connectivity index (χ3v) is 4.76. The molecule has 1 aromatic rings. The predicted molar refractivity (Wildman–Crippen MR) is 83.6 cm³/mol. The van der Waals surface area contributed by atoms with Gasteiger partial charge in [0.1, 0.15) is 5.82 Å². The van der Waals surface area contributed by atoms with Gasteiger partial charge in [-0.2, -0.15) is 0 Å². The fourth-order valence-corrected chi connectivity index (χ4v) is 3.46. The zero-order chi connectivity index (χ0) is 16.6. The molecule has 1 saturated heterocycles.